The van der Waals surface area contributed by atoms with Crippen LogP contribution < -0.4 is 10.6 Å². The van der Waals surface area contributed by atoms with E-state index in [-0.39, 0.29) is 65.1 Å². The lowest BCUT2D eigenvalue weighted by atomic mass is 9.85. The van der Waals surface area contributed by atoms with E-state index >= 15 is 0 Å². The van der Waals surface area contributed by atoms with Crippen LogP contribution in [0.3, 0.4) is 0 Å². The van der Waals surface area contributed by atoms with Crippen LogP contribution in [0.5, 0.6) is 0 Å². The van der Waals surface area contributed by atoms with Crippen LogP contribution in [0.15, 0.2) is 17.1 Å². The molecule has 2 fully saturated rings. The second-order valence-corrected chi connectivity index (χ2v) is 7.64. The van der Waals surface area contributed by atoms with Crippen molar-refractivity contribution in [3.8, 4) is 0 Å². The molecule has 0 spiro atoms. The highest BCUT2D eigenvalue weighted by Gasteiger charge is 2.58. The van der Waals surface area contributed by atoms with Gasteiger partial charge in [0, 0.05) is 33.8 Å². The zero-order valence-electron chi connectivity index (χ0n) is 15.8. The predicted molar refractivity (Wildman–Crippen MR) is 110 cm³/mol. The predicted octanol–water partition coefficient (Wildman–Crippen LogP) is 1.00. The fourth-order valence-electron chi connectivity index (χ4n) is 4.06. The molecule has 26 heavy (non-hydrogen) atoms. The molecule has 3 aliphatic rings. The highest BCUT2D eigenvalue weighted by Crippen LogP contribution is 2.52. The fourth-order valence-corrected chi connectivity index (χ4v) is 4.06. The van der Waals surface area contributed by atoms with Gasteiger partial charge in [0.2, 0.25) is 11.8 Å². The van der Waals surface area contributed by atoms with Gasteiger partial charge in [-0.1, -0.05) is 12.2 Å². The first-order valence-electron chi connectivity index (χ1n) is 8.91. The molecule has 0 radical (unpaired) electrons. The van der Waals surface area contributed by atoms with E-state index in [2.05, 4.69) is 27.8 Å². The maximum Gasteiger partial charge on any atom is 0.233 e. The minimum absolute atomic E-state index is 0. The average molecular weight is 476 g/mol. The molecule has 2 bridgehead atoms. The lowest BCUT2D eigenvalue weighted by Crippen LogP contribution is -2.47. The van der Waals surface area contributed by atoms with Crippen molar-refractivity contribution in [2.45, 2.75) is 25.9 Å². The number of imide groups is 1. The molecule has 146 valence electrons. The van der Waals surface area contributed by atoms with Crippen LogP contribution in [0.25, 0.3) is 0 Å². The Kier molecular flexibility index (Phi) is 6.70. The number of carbonyl (C=O) groups is 2. The van der Waals surface area contributed by atoms with Gasteiger partial charge >= 0.3 is 0 Å². The molecule has 2 N–H and O–H groups in total. The highest BCUT2D eigenvalue weighted by atomic mass is 127. The number of halogens is 1. The lowest BCUT2D eigenvalue weighted by molar-refractivity contribution is -0.140. The van der Waals surface area contributed by atoms with Gasteiger partial charge in [-0.2, -0.15) is 0 Å². The minimum atomic E-state index is -0.303. The van der Waals surface area contributed by atoms with Gasteiger partial charge in [-0.25, -0.2) is 0 Å². The van der Waals surface area contributed by atoms with Crippen molar-refractivity contribution in [2.75, 3.05) is 33.8 Å². The number of allylic oxidation sites excluding steroid dienone is 2. The summed E-state index contributed by atoms with van der Waals surface area (Å²) >= 11 is 0. The van der Waals surface area contributed by atoms with Crippen LogP contribution >= 0.6 is 24.0 Å². The summed E-state index contributed by atoms with van der Waals surface area (Å²) in [5.41, 5.74) is -0.303. The third-order valence-electron chi connectivity index (χ3n) is 5.65. The van der Waals surface area contributed by atoms with Crippen molar-refractivity contribution in [1.29, 1.82) is 0 Å². The fraction of sp³-hybridized carbons (Fsp3) is 0.722. The first-order chi connectivity index (χ1) is 11.9. The van der Waals surface area contributed by atoms with Crippen molar-refractivity contribution in [2.24, 2.45) is 28.7 Å². The maximum atomic E-state index is 12.6. The number of ether oxygens (including phenoxy) is 1. The summed E-state index contributed by atoms with van der Waals surface area (Å²) < 4.78 is 5.37. The summed E-state index contributed by atoms with van der Waals surface area (Å²) in [7, 11) is 3.36. The third-order valence-corrected chi connectivity index (χ3v) is 5.65. The normalized spacial score (nSPS) is 29.8. The molecule has 8 heteroatoms. The van der Waals surface area contributed by atoms with E-state index in [1.807, 2.05) is 13.8 Å². The number of nitrogens with zero attached hydrogens (tertiary/aromatic N) is 2. The van der Waals surface area contributed by atoms with Gasteiger partial charge in [-0.05, 0) is 32.1 Å². The SMILES string of the molecule is CN=C(NCCN1C(=O)C2C3C=CC(C3)C2C1=O)NCC(C)(C)OC.I. The molecule has 0 aromatic rings. The molecule has 3 rings (SSSR count). The first kappa shape index (κ1) is 21.1. The van der Waals surface area contributed by atoms with Gasteiger partial charge < -0.3 is 15.4 Å². The Hall–Kier alpha value is -1.16. The number of methoxy groups -OCH3 is 1. The van der Waals surface area contributed by atoms with Crippen LogP contribution in [0.1, 0.15) is 20.3 Å². The van der Waals surface area contributed by atoms with Crippen LogP contribution in [0.2, 0.25) is 0 Å². The summed E-state index contributed by atoms with van der Waals surface area (Å²) in [6.45, 7) is 5.42. The largest absolute Gasteiger partial charge is 0.377 e. The molecule has 4 unspecified atom stereocenters. The zero-order valence-corrected chi connectivity index (χ0v) is 18.2. The Morgan fingerprint density at radius 3 is 2.31 bits per heavy atom. The number of guanidine groups is 1. The second kappa shape index (κ2) is 8.24. The molecule has 1 aliphatic heterocycles. The van der Waals surface area contributed by atoms with Crippen LogP contribution in [-0.4, -0.2) is 62.1 Å². The zero-order chi connectivity index (χ0) is 18.2. The van der Waals surface area contributed by atoms with Crippen molar-refractivity contribution in [3.63, 3.8) is 0 Å². The van der Waals surface area contributed by atoms with E-state index in [4.69, 9.17) is 4.74 Å². The van der Waals surface area contributed by atoms with E-state index in [0.717, 1.165) is 6.42 Å². The van der Waals surface area contributed by atoms with Crippen LogP contribution in [-0.2, 0) is 14.3 Å². The van der Waals surface area contributed by atoms with Gasteiger partial charge in [0.05, 0.1) is 17.4 Å². The number of amides is 2. The van der Waals surface area contributed by atoms with Crippen molar-refractivity contribution >= 4 is 41.8 Å². The number of likely N-dealkylation sites (tertiary alicyclic amines) is 1. The monoisotopic (exact) mass is 476 g/mol. The van der Waals surface area contributed by atoms with Gasteiger partial charge in [0.15, 0.2) is 5.96 Å². The molecule has 4 atom stereocenters. The Bertz CT molecular complexity index is 590. The van der Waals surface area contributed by atoms with Crippen molar-refractivity contribution in [3.05, 3.63) is 12.2 Å². The summed E-state index contributed by atoms with van der Waals surface area (Å²) in [6.07, 6.45) is 5.19. The van der Waals surface area contributed by atoms with Crippen molar-refractivity contribution < 1.29 is 14.3 Å². The number of hydrogen-bond donors (Lipinski definition) is 2. The minimum Gasteiger partial charge on any atom is -0.377 e. The van der Waals surface area contributed by atoms with E-state index < -0.39 is 0 Å². The third kappa shape index (κ3) is 3.90. The standard InChI is InChI=1S/C18H28N4O3.HI/c1-18(2,25-4)10-21-17(19-3)20-7-8-22-15(23)13-11-5-6-12(9-11)14(13)16(22)24;/h5-6,11-14H,7-10H2,1-4H3,(H2,19,20,21);1H. The summed E-state index contributed by atoms with van der Waals surface area (Å²) in [5.74, 6) is 0.899. The lowest BCUT2D eigenvalue weighted by Gasteiger charge is -2.25. The van der Waals surface area contributed by atoms with Gasteiger partial charge in [0.1, 0.15) is 0 Å². The smallest absolute Gasteiger partial charge is 0.233 e. The molecular weight excluding hydrogens is 447 g/mol. The Balaban J connectivity index is 0.00000243. The van der Waals surface area contributed by atoms with E-state index in [1.54, 1.807) is 14.2 Å². The van der Waals surface area contributed by atoms with Crippen molar-refractivity contribution in [1.82, 2.24) is 15.5 Å². The summed E-state index contributed by atoms with van der Waals surface area (Å²) in [4.78, 5) is 30.8. The van der Waals surface area contributed by atoms with E-state index in [1.165, 1.54) is 4.90 Å². The number of fused-ring (bicyclic) bond motifs is 5. The molecule has 1 saturated heterocycles. The molecule has 1 heterocycles. The molecule has 1 saturated carbocycles. The second-order valence-electron chi connectivity index (χ2n) is 7.64. The molecule has 0 aromatic carbocycles. The molecule has 7 nitrogen and oxygen atoms in total. The number of rotatable bonds is 6. The van der Waals surface area contributed by atoms with E-state index in [9.17, 15) is 9.59 Å². The Morgan fingerprint density at radius 2 is 1.81 bits per heavy atom. The number of carbonyl (C=O) groups excluding carboxylic acids is 2. The summed E-state index contributed by atoms with van der Waals surface area (Å²) in [6, 6.07) is 0. The topological polar surface area (TPSA) is 83.0 Å². The van der Waals surface area contributed by atoms with Gasteiger partial charge in [-0.3, -0.25) is 19.5 Å². The highest BCUT2D eigenvalue weighted by molar-refractivity contribution is 14.0. The molecule has 0 aromatic heterocycles. The van der Waals surface area contributed by atoms with Crippen LogP contribution in [0.4, 0.5) is 0 Å². The van der Waals surface area contributed by atoms with Crippen LogP contribution in [0, 0.1) is 23.7 Å². The number of nitrogens with one attached hydrogen (secondary N) is 2. The maximum absolute atomic E-state index is 12.6. The molecule has 2 amide bonds. The molecular formula is C18H29IN4O3. The van der Waals surface area contributed by atoms with E-state index in [0.29, 0.717) is 25.6 Å². The number of aliphatic imine (C=N–C) groups is 1. The Labute approximate surface area is 172 Å². The van der Waals surface area contributed by atoms with Gasteiger partial charge in [-0.15, -0.1) is 24.0 Å². The van der Waals surface area contributed by atoms with Gasteiger partial charge in [0.25, 0.3) is 0 Å². The average Bonchev–Trinajstić information content (AvgIpc) is 3.27. The molecule has 2 aliphatic carbocycles. The summed E-state index contributed by atoms with van der Waals surface area (Å²) in [5, 5.41) is 6.35. The first-order valence-corrected chi connectivity index (χ1v) is 8.91. The quantitative estimate of drug-likeness (QED) is 0.197. The number of hydrogen-bond acceptors (Lipinski definition) is 4. The Morgan fingerprint density at radius 1 is 1.23 bits per heavy atom.